The molecule has 2 rings (SSSR count). The van der Waals surface area contributed by atoms with Crippen LogP contribution in [0.15, 0.2) is 12.3 Å². The van der Waals surface area contributed by atoms with E-state index < -0.39 is 0 Å². The third kappa shape index (κ3) is 0.922. The number of carbonyl (C=O) groups excluding carboxylic acids is 2. The molecule has 1 aromatic heterocycles. The van der Waals surface area contributed by atoms with Crippen molar-refractivity contribution in [2.24, 2.45) is 0 Å². The topological polar surface area (TPSA) is 62.0 Å². The van der Waals surface area contributed by atoms with Crippen molar-refractivity contribution in [2.45, 2.75) is 6.42 Å². The van der Waals surface area contributed by atoms with Crippen LogP contribution in [0.1, 0.15) is 27.3 Å². The van der Waals surface area contributed by atoms with E-state index in [0.717, 1.165) is 0 Å². The summed E-state index contributed by atoms with van der Waals surface area (Å²) in [7, 11) is 0. The third-order valence-electron chi connectivity index (χ3n) is 1.91. The Bertz CT molecular complexity index is 310. The number of ketones is 1. The maximum absolute atomic E-state index is 11.3. The number of nitrogens with one attached hydrogen (secondary N) is 2. The zero-order valence-corrected chi connectivity index (χ0v) is 6.39. The molecule has 0 saturated carbocycles. The van der Waals surface area contributed by atoms with Crippen molar-refractivity contribution in [3.8, 4) is 0 Å². The predicted octanol–water partition coefficient (Wildman–Crippen LogP) is 0.331. The van der Waals surface area contributed by atoms with Gasteiger partial charge < -0.3 is 10.3 Å². The van der Waals surface area contributed by atoms with E-state index in [-0.39, 0.29) is 11.7 Å². The number of fused-ring (bicyclic) bond motifs is 1. The summed E-state index contributed by atoms with van der Waals surface area (Å²) in [6.45, 7) is 0.431. The van der Waals surface area contributed by atoms with Crippen molar-refractivity contribution < 1.29 is 9.59 Å². The minimum atomic E-state index is -0.169. The maximum atomic E-state index is 11.3. The summed E-state index contributed by atoms with van der Waals surface area (Å²) in [6, 6.07) is 1.62. The lowest BCUT2D eigenvalue weighted by Crippen LogP contribution is -2.22. The fourth-order valence-electron chi connectivity index (χ4n) is 1.30. The Hall–Kier alpha value is -1.58. The van der Waals surface area contributed by atoms with Crippen molar-refractivity contribution in [1.29, 1.82) is 0 Å². The fourth-order valence-corrected chi connectivity index (χ4v) is 1.30. The fraction of sp³-hybridized carbons (Fsp3) is 0.250. The van der Waals surface area contributed by atoms with Crippen molar-refractivity contribution in [2.75, 3.05) is 6.54 Å². The minimum Gasteiger partial charge on any atom is -0.358 e. The van der Waals surface area contributed by atoms with Gasteiger partial charge >= 0.3 is 0 Å². The van der Waals surface area contributed by atoms with E-state index in [4.69, 9.17) is 0 Å². The van der Waals surface area contributed by atoms with Gasteiger partial charge in [0.15, 0.2) is 5.78 Å². The molecule has 0 aromatic carbocycles. The molecule has 0 fully saturated rings. The zero-order valence-electron chi connectivity index (χ0n) is 6.39. The normalized spacial score (nSPS) is 16.7. The lowest BCUT2D eigenvalue weighted by atomic mass is 10.1. The SMILES string of the molecule is O=C1NCCC(=O)c2[nH]ccc21. The van der Waals surface area contributed by atoms with Crippen LogP contribution in [0.2, 0.25) is 0 Å². The van der Waals surface area contributed by atoms with Gasteiger partial charge in [-0.1, -0.05) is 0 Å². The highest BCUT2D eigenvalue weighted by Crippen LogP contribution is 2.11. The van der Waals surface area contributed by atoms with Gasteiger partial charge in [0.05, 0.1) is 11.3 Å². The minimum absolute atomic E-state index is 0.00616. The van der Waals surface area contributed by atoms with Crippen LogP contribution in [0.4, 0.5) is 0 Å². The molecule has 0 unspecified atom stereocenters. The molecule has 0 spiro atoms. The van der Waals surface area contributed by atoms with E-state index in [0.29, 0.717) is 24.2 Å². The van der Waals surface area contributed by atoms with E-state index >= 15 is 0 Å². The van der Waals surface area contributed by atoms with E-state index in [2.05, 4.69) is 10.3 Å². The smallest absolute Gasteiger partial charge is 0.253 e. The number of carbonyl (C=O) groups is 2. The quantitative estimate of drug-likeness (QED) is 0.580. The standard InChI is InChI=1S/C8H8N2O2/c11-6-2-4-10-8(12)5-1-3-9-7(5)6/h1,3,9H,2,4H2,(H,10,12). The van der Waals surface area contributed by atoms with Crippen LogP contribution >= 0.6 is 0 Å². The van der Waals surface area contributed by atoms with Gasteiger partial charge in [-0.15, -0.1) is 0 Å². The molecule has 0 radical (unpaired) electrons. The number of hydrogen-bond donors (Lipinski definition) is 2. The molecule has 0 saturated heterocycles. The Labute approximate surface area is 69.0 Å². The van der Waals surface area contributed by atoms with Gasteiger partial charge in [-0.05, 0) is 6.07 Å². The summed E-state index contributed by atoms with van der Waals surface area (Å²) in [6.07, 6.45) is 1.98. The number of Topliss-reactive ketones (excluding diaryl/α,β-unsaturated/α-hetero) is 1. The lowest BCUT2D eigenvalue weighted by molar-refractivity contribution is 0.0956. The summed E-state index contributed by atoms with van der Waals surface area (Å²) in [5.74, 6) is -0.176. The second-order valence-corrected chi connectivity index (χ2v) is 2.70. The molecule has 62 valence electrons. The molecule has 4 nitrogen and oxygen atoms in total. The van der Waals surface area contributed by atoms with Gasteiger partial charge in [0.25, 0.3) is 5.91 Å². The summed E-state index contributed by atoms with van der Waals surface area (Å²) in [5, 5.41) is 2.64. The molecule has 1 amide bonds. The van der Waals surface area contributed by atoms with Crippen molar-refractivity contribution >= 4 is 11.7 Å². The predicted molar refractivity (Wildman–Crippen MR) is 42.1 cm³/mol. The van der Waals surface area contributed by atoms with Gasteiger partial charge in [-0.3, -0.25) is 9.59 Å². The van der Waals surface area contributed by atoms with E-state index in [1.807, 2.05) is 0 Å². The highest BCUT2D eigenvalue weighted by Gasteiger charge is 2.21. The zero-order chi connectivity index (χ0) is 8.55. The number of aromatic amines is 1. The Morgan fingerprint density at radius 2 is 2.17 bits per heavy atom. The van der Waals surface area contributed by atoms with Crippen LogP contribution in [-0.2, 0) is 0 Å². The average molecular weight is 164 g/mol. The Kier molecular flexibility index (Phi) is 1.46. The van der Waals surface area contributed by atoms with Crippen LogP contribution < -0.4 is 5.32 Å². The number of amides is 1. The second kappa shape index (κ2) is 2.48. The maximum Gasteiger partial charge on any atom is 0.253 e. The van der Waals surface area contributed by atoms with Gasteiger partial charge in [-0.25, -0.2) is 0 Å². The third-order valence-corrected chi connectivity index (χ3v) is 1.91. The first-order chi connectivity index (χ1) is 5.79. The summed E-state index contributed by atoms with van der Waals surface area (Å²) < 4.78 is 0. The van der Waals surface area contributed by atoms with Crippen LogP contribution in [0.3, 0.4) is 0 Å². The number of aromatic nitrogens is 1. The highest BCUT2D eigenvalue weighted by atomic mass is 16.2. The number of H-pyrrole nitrogens is 1. The molecule has 12 heavy (non-hydrogen) atoms. The van der Waals surface area contributed by atoms with Crippen molar-refractivity contribution in [3.63, 3.8) is 0 Å². The molecule has 2 N–H and O–H groups in total. The average Bonchev–Trinajstić information content (AvgIpc) is 2.47. The monoisotopic (exact) mass is 164 g/mol. The van der Waals surface area contributed by atoms with Gasteiger partial charge in [0.1, 0.15) is 0 Å². The first-order valence-corrected chi connectivity index (χ1v) is 3.78. The molecule has 1 aromatic rings. The van der Waals surface area contributed by atoms with Crippen LogP contribution in [0.5, 0.6) is 0 Å². The first-order valence-electron chi connectivity index (χ1n) is 3.78. The van der Waals surface area contributed by atoms with E-state index in [9.17, 15) is 9.59 Å². The largest absolute Gasteiger partial charge is 0.358 e. The summed E-state index contributed by atoms with van der Waals surface area (Å²) in [5.41, 5.74) is 0.891. The van der Waals surface area contributed by atoms with E-state index in [1.54, 1.807) is 12.3 Å². The molecular weight excluding hydrogens is 156 g/mol. The van der Waals surface area contributed by atoms with E-state index in [1.165, 1.54) is 0 Å². The number of rotatable bonds is 0. The van der Waals surface area contributed by atoms with Crippen LogP contribution in [-0.4, -0.2) is 23.2 Å². The van der Waals surface area contributed by atoms with Crippen LogP contribution in [0, 0.1) is 0 Å². The molecule has 4 heteroatoms. The first kappa shape index (κ1) is 7.09. The van der Waals surface area contributed by atoms with Crippen LogP contribution in [0.25, 0.3) is 0 Å². The second-order valence-electron chi connectivity index (χ2n) is 2.70. The lowest BCUT2D eigenvalue weighted by Gasteiger charge is -1.95. The Morgan fingerprint density at radius 1 is 1.33 bits per heavy atom. The summed E-state index contributed by atoms with van der Waals surface area (Å²) in [4.78, 5) is 25.3. The molecule has 1 aliphatic rings. The van der Waals surface area contributed by atoms with Crippen molar-refractivity contribution in [1.82, 2.24) is 10.3 Å². The van der Waals surface area contributed by atoms with Gasteiger partial charge in [0, 0.05) is 19.2 Å². The highest BCUT2D eigenvalue weighted by molar-refractivity contribution is 6.08. The van der Waals surface area contributed by atoms with Gasteiger partial charge in [-0.2, -0.15) is 0 Å². The van der Waals surface area contributed by atoms with Gasteiger partial charge in [0.2, 0.25) is 0 Å². The molecule has 0 aliphatic carbocycles. The summed E-state index contributed by atoms with van der Waals surface area (Å²) >= 11 is 0. The Balaban J connectivity index is 2.52. The number of hydrogen-bond acceptors (Lipinski definition) is 2. The van der Waals surface area contributed by atoms with Crippen molar-refractivity contribution in [3.05, 3.63) is 23.5 Å². The Morgan fingerprint density at radius 3 is 3.00 bits per heavy atom. The molecule has 0 atom stereocenters. The molecule has 0 bridgehead atoms. The molecule has 1 aliphatic heterocycles. The molecular formula is C8H8N2O2. The molecule has 2 heterocycles.